The first-order valence-electron chi connectivity index (χ1n) is 33.9. The second-order valence-electron chi connectivity index (χ2n) is 23.7. The second kappa shape index (κ2) is 62.3. The highest BCUT2D eigenvalue weighted by atomic mass is 16.6. The van der Waals surface area contributed by atoms with E-state index in [1.807, 2.05) is 0 Å². The summed E-state index contributed by atoms with van der Waals surface area (Å²) in [5, 5.41) is 0. The zero-order valence-electron chi connectivity index (χ0n) is 50.8. The fraction of sp³-hybridized carbons (Fsp3) is 0.956. The van der Waals surface area contributed by atoms with Gasteiger partial charge in [0.15, 0.2) is 6.10 Å². The summed E-state index contributed by atoms with van der Waals surface area (Å²) in [6.07, 6.45) is 71.0. The lowest BCUT2D eigenvalue weighted by Crippen LogP contribution is -2.30. The Labute approximate surface area is 463 Å². The topological polar surface area (TPSA) is 78.9 Å². The highest BCUT2D eigenvalue weighted by molar-refractivity contribution is 5.71. The minimum atomic E-state index is -0.763. The quantitative estimate of drug-likeness (QED) is 0.0343. The van der Waals surface area contributed by atoms with Crippen LogP contribution >= 0.6 is 0 Å². The Bertz CT molecular complexity index is 1120. The van der Waals surface area contributed by atoms with E-state index in [1.165, 1.54) is 289 Å². The molecule has 2 atom stereocenters. The Morgan fingerprint density at radius 3 is 0.703 bits per heavy atom. The first-order chi connectivity index (χ1) is 36.4. The van der Waals surface area contributed by atoms with E-state index in [-0.39, 0.29) is 31.1 Å². The summed E-state index contributed by atoms with van der Waals surface area (Å²) in [6, 6.07) is 0. The summed E-state index contributed by atoms with van der Waals surface area (Å²) in [6.45, 7) is 9.15. The minimum Gasteiger partial charge on any atom is -0.462 e. The molecule has 6 heteroatoms. The van der Waals surface area contributed by atoms with Gasteiger partial charge in [-0.25, -0.2) is 0 Å². The Kier molecular flexibility index (Phi) is 60.9. The van der Waals surface area contributed by atoms with Gasteiger partial charge in [0.1, 0.15) is 13.2 Å². The standard InChI is InChI=1S/C68H132O6/c1-5-8-10-12-14-16-18-20-22-24-28-33-37-41-45-49-53-57-61-68(71)74-65(62-72-66(69)59-55-51-47-43-39-35-31-23-21-19-17-15-13-11-9-6-2)63-73-67(70)60-56-52-48-44-40-36-32-29-26-25-27-30-34-38-42-46-50-54-58-64(4)7-3/h64-65H,5-63H2,1-4H3/t64?,65-/m1/s1. The number of hydrogen-bond acceptors (Lipinski definition) is 6. The molecule has 0 rings (SSSR count). The molecule has 0 spiro atoms. The smallest absolute Gasteiger partial charge is 0.306 e. The molecular formula is C68H132O6. The summed E-state index contributed by atoms with van der Waals surface area (Å²) < 4.78 is 17.0. The van der Waals surface area contributed by atoms with E-state index in [2.05, 4.69) is 27.7 Å². The van der Waals surface area contributed by atoms with Gasteiger partial charge in [-0.2, -0.15) is 0 Å². The van der Waals surface area contributed by atoms with Crippen LogP contribution in [0.15, 0.2) is 0 Å². The van der Waals surface area contributed by atoms with Crippen molar-refractivity contribution in [2.75, 3.05) is 13.2 Å². The minimum absolute atomic E-state index is 0.0607. The molecule has 0 bridgehead atoms. The molecule has 0 aromatic rings. The average Bonchev–Trinajstić information content (AvgIpc) is 3.40. The van der Waals surface area contributed by atoms with Crippen LogP contribution in [0.2, 0.25) is 0 Å². The molecule has 6 nitrogen and oxygen atoms in total. The average molecular weight is 1050 g/mol. The van der Waals surface area contributed by atoms with Crippen molar-refractivity contribution in [2.45, 2.75) is 400 Å². The van der Waals surface area contributed by atoms with E-state index in [1.54, 1.807) is 0 Å². The molecule has 0 fully saturated rings. The van der Waals surface area contributed by atoms with Crippen LogP contribution in [-0.2, 0) is 28.6 Å². The Morgan fingerprint density at radius 1 is 0.270 bits per heavy atom. The largest absolute Gasteiger partial charge is 0.462 e. The van der Waals surface area contributed by atoms with Crippen molar-refractivity contribution in [3.05, 3.63) is 0 Å². The molecule has 0 N–H and O–H groups in total. The zero-order valence-corrected chi connectivity index (χ0v) is 50.8. The van der Waals surface area contributed by atoms with E-state index in [4.69, 9.17) is 14.2 Å². The number of rotatable bonds is 63. The van der Waals surface area contributed by atoms with Gasteiger partial charge in [0.25, 0.3) is 0 Å². The predicted octanol–water partition coefficient (Wildman–Crippen LogP) is 22.9. The SMILES string of the molecule is CCCCCCCCCCCCCCCCCCCCC(=O)O[C@H](COC(=O)CCCCCCCCCCCCCCCCCC)COC(=O)CCCCCCCCCCCCCCCCCCCCC(C)CC. The maximum Gasteiger partial charge on any atom is 0.306 e. The van der Waals surface area contributed by atoms with Crippen molar-refractivity contribution < 1.29 is 28.6 Å². The van der Waals surface area contributed by atoms with Gasteiger partial charge in [0, 0.05) is 19.3 Å². The lowest BCUT2D eigenvalue weighted by atomic mass is 9.99. The van der Waals surface area contributed by atoms with Crippen molar-refractivity contribution in [2.24, 2.45) is 5.92 Å². The Balaban J connectivity index is 4.26. The molecule has 1 unspecified atom stereocenters. The van der Waals surface area contributed by atoms with Crippen LogP contribution < -0.4 is 0 Å². The summed E-state index contributed by atoms with van der Waals surface area (Å²) in [5.41, 5.74) is 0. The van der Waals surface area contributed by atoms with E-state index < -0.39 is 6.10 Å². The second-order valence-corrected chi connectivity index (χ2v) is 23.7. The third-order valence-electron chi connectivity index (χ3n) is 16.2. The van der Waals surface area contributed by atoms with Crippen molar-refractivity contribution in [1.82, 2.24) is 0 Å². The number of carbonyl (C=O) groups is 3. The number of esters is 3. The van der Waals surface area contributed by atoms with Crippen LogP contribution in [-0.4, -0.2) is 37.2 Å². The fourth-order valence-electron chi connectivity index (χ4n) is 10.7. The van der Waals surface area contributed by atoms with Crippen molar-refractivity contribution in [3.8, 4) is 0 Å². The molecular weight excluding hydrogens is 913 g/mol. The molecule has 0 aliphatic heterocycles. The molecule has 0 radical (unpaired) electrons. The molecule has 0 amide bonds. The summed E-state index contributed by atoms with van der Waals surface area (Å²) in [5.74, 6) is 0.0873. The van der Waals surface area contributed by atoms with E-state index >= 15 is 0 Å². The Hall–Kier alpha value is -1.59. The number of unbranched alkanes of at least 4 members (excludes halogenated alkanes) is 49. The predicted molar refractivity (Wildman–Crippen MR) is 321 cm³/mol. The fourth-order valence-corrected chi connectivity index (χ4v) is 10.7. The molecule has 0 saturated heterocycles. The van der Waals surface area contributed by atoms with E-state index in [0.29, 0.717) is 19.3 Å². The molecule has 440 valence electrons. The Morgan fingerprint density at radius 2 is 0.473 bits per heavy atom. The first kappa shape index (κ1) is 72.4. The van der Waals surface area contributed by atoms with Gasteiger partial charge >= 0.3 is 17.9 Å². The molecule has 0 aromatic carbocycles. The molecule has 0 heterocycles. The van der Waals surface area contributed by atoms with Crippen LogP contribution in [0.4, 0.5) is 0 Å². The van der Waals surface area contributed by atoms with Crippen LogP contribution in [0.3, 0.4) is 0 Å². The van der Waals surface area contributed by atoms with Gasteiger partial charge in [0.2, 0.25) is 0 Å². The number of hydrogen-bond donors (Lipinski definition) is 0. The third kappa shape index (κ3) is 59.7. The van der Waals surface area contributed by atoms with Gasteiger partial charge in [0.05, 0.1) is 0 Å². The van der Waals surface area contributed by atoms with E-state index in [0.717, 1.165) is 63.7 Å². The number of carbonyl (C=O) groups excluding carboxylic acids is 3. The number of ether oxygens (including phenoxy) is 3. The molecule has 0 aliphatic carbocycles. The monoisotopic (exact) mass is 1050 g/mol. The molecule has 0 saturated carbocycles. The normalized spacial score (nSPS) is 12.3. The third-order valence-corrected chi connectivity index (χ3v) is 16.2. The summed E-state index contributed by atoms with van der Waals surface area (Å²) >= 11 is 0. The molecule has 74 heavy (non-hydrogen) atoms. The van der Waals surface area contributed by atoms with Gasteiger partial charge < -0.3 is 14.2 Å². The van der Waals surface area contributed by atoms with Crippen molar-refractivity contribution in [3.63, 3.8) is 0 Å². The van der Waals surface area contributed by atoms with E-state index in [9.17, 15) is 14.4 Å². The summed E-state index contributed by atoms with van der Waals surface area (Å²) in [4.78, 5) is 38.4. The maximum absolute atomic E-state index is 12.9. The van der Waals surface area contributed by atoms with Crippen LogP contribution in [0.5, 0.6) is 0 Å². The first-order valence-corrected chi connectivity index (χ1v) is 33.9. The lowest BCUT2D eigenvalue weighted by molar-refractivity contribution is -0.167. The molecule has 0 aromatic heterocycles. The van der Waals surface area contributed by atoms with Gasteiger partial charge in [-0.1, -0.05) is 355 Å². The lowest BCUT2D eigenvalue weighted by Gasteiger charge is -2.18. The van der Waals surface area contributed by atoms with Crippen molar-refractivity contribution in [1.29, 1.82) is 0 Å². The maximum atomic E-state index is 12.9. The van der Waals surface area contributed by atoms with Gasteiger partial charge in [-0.15, -0.1) is 0 Å². The van der Waals surface area contributed by atoms with Crippen LogP contribution in [0, 0.1) is 5.92 Å². The highest BCUT2D eigenvalue weighted by Gasteiger charge is 2.19. The van der Waals surface area contributed by atoms with Crippen molar-refractivity contribution >= 4 is 17.9 Å². The van der Waals surface area contributed by atoms with Crippen LogP contribution in [0.25, 0.3) is 0 Å². The van der Waals surface area contributed by atoms with Gasteiger partial charge in [-0.3, -0.25) is 14.4 Å². The van der Waals surface area contributed by atoms with Crippen LogP contribution in [0.1, 0.15) is 394 Å². The summed E-state index contributed by atoms with van der Waals surface area (Å²) in [7, 11) is 0. The highest BCUT2D eigenvalue weighted by Crippen LogP contribution is 2.20. The molecule has 0 aliphatic rings. The zero-order chi connectivity index (χ0) is 53.7. The van der Waals surface area contributed by atoms with Gasteiger partial charge in [-0.05, 0) is 25.2 Å².